The van der Waals surface area contributed by atoms with Crippen molar-refractivity contribution in [2.75, 3.05) is 117 Å². The second-order valence-corrected chi connectivity index (χ2v) is 38.6. The third-order valence-corrected chi connectivity index (χ3v) is 24.1. The van der Waals surface area contributed by atoms with Crippen molar-refractivity contribution in [3.8, 4) is 34.5 Å². The van der Waals surface area contributed by atoms with Crippen molar-refractivity contribution in [2.24, 2.45) is 16.2 Å². The molecule has 3 aliphatic rings. The molecule has 0 aliphatic heterocycles. The molecule has 0 N–H and O–H groups in total. The van der Waals surface area contributed by atoms with E-state index in [4.69, 9.17) is 52.8 Å². The molecule has 12 rings (SSSR count). The van der Waals surface area contributed by atoms with E-state index in [1.54, 1.807) is 44.0 Å². The van der Waals surface area contributed by atoms with E-state index in [-0.39, 0.29) is 55.0 Å². The summed E-state index contributed by atoms with van der Waals surface area (Å²) in [4.78, 5) is 94.8. The van der Waals surface area contributed by atoms with Crippen molar-refractivity contribution in [3.05, 3.63) is 158 Å². The Hall–Kier alpha value is -8.91. The van der Waals surface area contributed by atoms with Crippen molar-refractivity contribution in [1.29, 1.82) is 0 Å². The standard InChI is InChI=1S/C32H43N2O5S.C31H40N2O5S.C28H34N2O5S/c1-31(2,3)39-30(36)21-32(19-22-11-8-9-12-23(22)20-32)28(35)13-14-29-33-24-17-26(25(37-7)18-27(24)40-29)38-16-10-15-34(4,5)6;1-30(2,3)38-29(35)20-31(18-21-10-7-8-11-22(21)19-31)27(34)12-13-28-32-23-16-25(37-15-9-14-33(4)5)24(36-6)17-26(23)39-28;1-30(2,3)12-7-13-35-23-14-21-24(15-22(23)34-4)36-26(29-21)11-10-25(31)28(18-27(32)33)16-19-8-5-6-9-20(19)17-28/h8-9,11-12,17-18H,10,13-16,19-21H2,1-7H3;7-8,10-11,16-17H,9,12-15,18-20H2,1-6H3;5-6,8-9,14-15H,7,10-13,16-18H2,1-4H3/q+1;;. The van der Waals surface area contributed by atoms with Crippen LogP contribution < -0.4 is 33.5 Å². The van der Waals surface area contributed by atoms with E-state index in [1.165, 1.54) is 11.3 Å². The molecule has 9 aromatic rings. The maximum absolute atomic E-state index is 13.8. The zero-order valence-corrected chi connectivity index (χ0v) is 72.8. The van der Waals surface area contributed by atoms with Gasteiger partial charge in [-0.05, 0) is 134 Å². The van der Waals surface area contributed by atoms with Crippen LogP contribution in [0.3, 0.4) is 0 Å². The lowest BCUT2D eigenvalue weighted by Crippen LogP contribution is -2.39. The van der Waals surface area contributed by atoms with Gasteiger partial charge in [-0.3, -0.25) is 24.0 Å². The maximum Gasteiger partial charge on any atom is 0.307 e. The number of ether oxygens (including phenoxy) is 8. The SMILES string of the molecule is COc1cc2sc(CCC(=O)C3(CC(=O)OC(C)(C)C)Cc4ccccc4C3)nc2cc1OCCCN(C)C.COc1cc2sc(CCC(=O)C3(CC(=O)OC(C)(C)C)Cc4ccccc4C3)nc2cc1OCCC[N+](C)(C)C.COc1cc2sc(CCC(=O)C3(CC(=O)[O-])Cc4ccccc4C3)nc2cc1OCCC[N+](C)(C)C. The number of nitrogens with zero attached hydrogens (tertiary/aromatic N) is 6. The highest BCUT2D eigenvalue weighted by Gasteiger charge is 2.48. The summed E-state index contributed by atoms with van der Waals surface area (Å²) < 4.78 is 50.7. The highest BCUT2D eigenvalue weighted by Crippen LogP contribution is 2.47. The lowest BCUT2D eigenvalue weighted by molar-refractivity contribution is -0.870. The average Bonchev–Trinajstić information content (AvgIpc) is 1.64. The summed E-state index contributed by atoms with van der Waals surface area (Å²) in [6.07, 6.45) is 8.22. The minimum atomic E-state index is -1.18. The van der Waals surface area contributed by atoms with E-state index < -0.39 is 33.4 Å². The number of aliphatic carboxylic acids is 1. The molecule has 0 amide bonds. The van der Waals surface area contributed by atoms with Gasteiger partial charge in [0.1, 0.15) is 28.6 Å². The van der Waals surface area contributed by atoms with Crippen LogP contribution in [0, 0.1) is 16.2 Å². The molecular weight excluding hydrogens is 1510 g/mol. The summed E-state index contributed by atoms with van der Waals surface area (Å²) in [5, 5.41) is 14.1. The number of ketones is 3. The molecule has 3 heterocycles. The number of carboxylic acids is 1. The molecular formula is C91H117N6O15S3+. The fourth-order valence-corrected chi connectivity index (χ4v) is 18.4. The third kappa shape index (κ3) is 24.6. The minimum absolute atomic E-state index is 0.0407. The van der Waals surface area contributed by atoms with Crippen molar-refractivity contribution < 1.29 is 80.7 Å². The first-order valence-electron chi connectivity index (χ1n) is 39.8. The van der Waals surface area contributed by atoms with Gasteiger partial charge in [0.05, 0.1) is 155 Å². The lowest BCUT2D eigenvalue weighted by Gasteiger charge is -2.29. The highest BCUT2D eigenvalue weighted by molar-refractivity contribution is 7.19. The van der Waals surface area contributed by atoms with Crippen LogP contribution in [-0.2, 0) is 96.0 Å². The molecule has 0 bridgehead atoms. The quantitative estimate of drug-likeness (QED) is 0.0201. The van der Waals surface area contributed by atoms with Crippen LogP contribution in [-0.4, -0.2) is 192 Å². The normalized spacial score (nSPS) is 14.6. The van der Waals surface area contributed by atoms with Gasteiger partial charge in [0.15, 0.2) is 34.5 Å². The average molecular weight is 1630 g/mol. The van der Waals surface area contributed by atoms with E-state index >= 15 is 0 Å². The van der Waals surface area contributed by atoms with Crippen molar-refractivity contribution in [2.45, 2.75) is 168 Å². The molecule has 0 radical (unpaired) electrons. The molecule has 618 valence electrons. The van der Waals surface area contributed by atoms with Crippen LogP contribution in [0.4, 0.5) is 0 Å². The number of quaternary nitrogens is 2. The Morgan fingerprint density at radius 2 is 0.704 bits per heavy atom. The van der Waals surface area contributed by atoms with Crippen LogP contribution in [0.2, 0.25) is 0 Å². The monoisotopic (exact) mass is 1630 g/mol. The summed E-state index contributed by atoms with van der Waals surface area (Å²) in [6, 6.07) is 35.6. The molecule has 0 saturated heterocycles. The highest BCUT2D eigenvalue weighted by atomic mass is 32.1. The number of rotatable bonds is 36. The molecule has 0 fully saturated rings. The zero-order chi connectivity index (χ0) is 83.3. The largest absolute Gasteiger partial charge is 0.550 e. The molecule has 3 aromatic heterocycles. The fraction of sp³-hybridized carbons (Fsp3) is 0.505. The first kappa shape index (κ1) is 88.5. The summed E-state index contributed by atoms with van der Waals surface area (Å²) in [6.45, 7) is 15.9. The predicted molar refractivity (Wildman–Crippen MR) is 453 cm³/mol. The van der Waals surface area contributed by atoms with Crippen molar-refractivity contribution in [3.63, 3.8) is 0 Å². The van der Waals surface area contributed by atoms with Crippen molar-refractivity contribution in [1.82, 2.24) is 19.9 Å². The number of aromatic nitrogens is 3. The summed E-state index contributed by atoms with van der Waals surface area (Å²) >= 11 is 4.65. The van der Waals surface area contributed by atoms with E-state index in [9.17, 15) is 33.9 Å². The Morgan fingerprint density at radius 3 is 0.957 bits per heavy atom. The molecule has 0 unspecified atom stereocenters. The molecule has 115 heavy (non-hydrogen) atoms. The van der Waals surface area contributed by atoms with E-state index in [2.05, 4.69) is 71.5 Å². The molecule has 0 atom stereocenters. The van der Waals surface area contributed by atoms with Gasteiger partial charge in [0, 0.05) is 123 Å². The van der Waals surface area contributed by atoms with Gasteiger partial charge in [0.2, 0.25) is 0 Å². The second kappa shape index (κ2) is 38.0. The number of hydrogen-bond donors (Lipinski definition) is 0. The Kier molecular flexibility index (Phi) is 29.2. The van der Waals surface area contributed by atoms with Crippen LogP contribution in [0.1, 0.15) is 148 Å². The van der Waals surface area contributed by atoms with Crippen molar-refractivity contribution >= 4 is 99.9 Å². The smallest absolute Gasteiger partial charge is 0.307 e. The van der Waals surface area contributed by atoms with Gasteiger partial charge in [-0.2, -0.15) is 0 Å². The number of aryl methyl sites for hydroxylation is 3. The zero-order valence-electron chi connectivity index (χ0n) is 70.4. The van der Waals surface area contributed by atoms with Gasteiger partial charge in [-0.1, -0.05) is 72.8 Å². The van der Waals surface area contributed by atoms with Gasteiger partial charge in [-0.25, -0.2) is 15.0 Å². The number of benzene rings is 6. The second-order valence-electron chi connectivity index (χ2n) is 35.2. The molecule has 0 saturated carbocycles. The van der Waals surface area contributed by atoms with Crippen LogP contribution in [0.15, 0.2) is 109 Å². The number of thiazole rings is 3. The van der Waals surface area contributed by atoms with Crippen LogP contribution in [0.5, 0.6) is 34.5 Å². The number of carbonyl (C=O) groups is 6. The fourth-order valence-electron chi connectivity index (χ4n) is 15.5. The van der Waals surface area contributed by atoms with E-state index in [1.807, 2.05) is 141 Å². The summed E-state index contributed by atoms with van der Waals surface area (Å²) in [5.41, 5.74) is 5.46. The summed E-state index contributed by atoms with van der Waals surface area (Å²) in [7, 11) is 21.9. The number of methoxy groups -OCH3 is 3. The van der Waals surface area contributed by atoms with Gasteiger partial charge in [0.25, 0.3) is 0 Å². The van der Waals surface area contributed by atoms with Gasteiger partial charge >= 0.3 is 11.9 Å². The first-order chi connectivity index (χ1) is 54.3. The van der Waals surface area contributed by atoms with E-state index in [0.29, 0.717) is 125 Å². The molecule has 21 nitrogen and oxygen atoms in total. The first-order valence-corrected chi connectivity index (χ1v) is 42.3. The number of fused-ring (bicyclic) bond motifs is 6. The Bertz CT molecular complexity index is 4840. The maximum atomic E-state index is 13.8. The number of hydrogen-bond acceptors (Lipinski definition) is 22. The van der Waals surface area contributed by atoms with Crippen LogP contribution in [0.25, 0.3) is 30.6 Å². The Labute approximate surface area is 690 Å². The van der Waals surface area contributed by atoms with E-state index in [0.717, 1.165) is 127 Å². The molecule has 24 heteroatoms. The number of carboxylic acid groups (broad SMARTS) is 1. The topological polar surface area (TPSA) is 241 Å². The number of esters is 2. The Balaban J connectivity index is 0.000000183. The molecule has 3 aliphatic carbocycles. The number of Topliss-reactive ketones (excluding diaryl/α,β-unsaturated/α-hetero) is 3. The van der Waals surface area contributed by atoms with Gasteiger partial charge < -0.3 is 61.7 Å². The lowest BCUT2D eigenvalue weighted by atomic mass is 9.76. The minimum Gasteiger partial charge on any atom is -0.550 e. The predicted octanol–water partition coefficient (Wildman–Crippen LogP) is 14.7. The third-order valence-electron chi connectivity index (χ3n) is 20.9. The van der Waals surface area contributed by atoms with Gasteiger partial charge in [-0.15, -0.1) is 34.0 Å². The molecule has 6 aromatic carbocycles. The van der Waals surface area contributed by atoms with Crippen LogP contribution >= 0.6 is 34.0 Å². The summed E-state index contributed by atoms with van der Waals surface area (Å²) in [5.74, 6) is 2.36. The molecule has 0 spiro atoms. The Morgan fingerprint density at radius 1 is 0.426 bits per heavy atom. The number of carbonyl (C=O) groups excluding carboxylic acids is 6.